The van der Waals surface area contributed by atoms with Crippen LogP contribution in [0.4, 0.5) is 4.39 Å². The number of benzene rings is 1. The first-order valence-corrected chi connectivity index (χ1v) is 9.55. The molecule has 1 amide bonds. The maximum atomic E-state index is 14.1. The van der Waals surface area contributed by atoms with Crippen molar-refractivity contribution in [3.8, 4) is 5.75 Å². The molecule has 1 aromatic heterocycles. The molecular formula is C20H25FN4O2. The number of hydrogen-bond donors (Lipinski definition) is 0. The predicted molar refractivity (Wildman–Crippen MR) is 98.2 cm³/mol. The van der Waals surface area contributed by atoms with Crippen LogP contribution in [0.3, 0.4) is 0 Å². The lowest BCUT2D eigenvalue weighted by Crippen LogP contribution is -2.42. The van der Waals surface area contributed by atoms with Crippen LogP contribution in [0.15, 0.2) is 18.2 Å². The van der Waals surface area contributed by atoms with Gasteiger partial charge in [0.15, 0.2) is 11.6 Å². The van der Waals surface area contributed by atoms with E-state index in [1.807, 2.05) is 4.90 Å². The minimum absolute atomic E-state index is 0.0880. The molecule has 0 saturated carbocycles. The summed E-state index contributed by atoms with van der Waals surface area (Å²) in [7, 11) is 1.42. The van der Waals surface area contributed by atoms with Crippen LogP contribution in [0.25, 0.3) is 0 Å². The van der Waals surface area contributed by atoms with Crippen LogP contribution in [0, 0.1) is 11.7 Å². The summed E-state index contributed by atoms with van der Waals surface area (Å²) in [6.07, 6.45) is 3.48. The van der Waals surface area contributed by atoms with E-state index in [-0.39, 0.29) is 23.7 Å². The van der Waals surface area contributed by atoms with E-state index in [0.29, 0.717) is 24.4 Å². The van der Waals surface area contributed by atoms with Crippen LogP contribution in [0.5, 0.6) is 5.75 Å². The van der Waals surface area contributed by atoms with E-state index >= 15 is 0 Å². The predicted octanol–water partition coefficient (Wildman–Crippen LogP) is 2.85. The number of halogens is 1. The van der Waals surface area contributed by atoms with Crippen LogP contribution < -0.4 is 4.74 Å². The van der Waals surface area contributed by atoms with Crippen molar-refractivity contribution in [3.05, 3.63) is 41.2 Å². The lowest BCUT2D eigenvalue weighted by atomic mass is 10.1. The highest BCUT2D eigenvalue weighted by atomic mass is 19.1. The number of rotatable bonds is 4. The molecule has 2 aliphatic rings. The van der Waals surface area contributed by atoms with E-state index in [1.165, 1.54) is 19.2 Å². The van der Waals surface area contributed by atoms with Crippen LogP contribution in [-0.4, -0.2) is 44.8 Å². The van der Waals surface area contributed by atoms with E-state index in [2.05, 4.69) is 28.6 Å². The Hall–Kier alpha value is -2.44. The van der Waals surface area contributed by atoms with Gasteiger partial charge in [-0.05, 0) is 37.0 Å². The second-order valence-electron chi connectivity index (χ2n) is 7.89. The fourth-order valence-corrected chi connectivity index (χ4v) is 4.29. The molecule has 0 aliphatic carbocycles. The first-order chi connectivity index (χ1) is 13.0. The Balaban J connectivity index is 1.61. The first kappa shape index (κ1) is 17.9. The Morgan fingerprint density at radius 1 is 1.30 bits per heavy atom. The zero-order chi connectivity index (χ0) is 19.1. The maximum Gasteiger partial charge on any atom is 0.254 e. The number of carbonyl (C=O) groups is 1. The number of hydrogen-bond acceptors (Lipinski definition) is 4. The van der Waals surface area contributed by atoms with Crippen molar-refractivity contribution in [2.24, 2.45) is 5.92 Å². The quantitative estimate of drug-likeness (QED) is 0.828. The van der Waals surface area contributed by atoms with Gasteiger partial charge in [-0.25, -0.2) is 4.39 Å². The molecule has 1 aromatic carbocycles. The molecule has 0 radical (unpaired) electrons. The molecule has 144 valence electrons. The SMILES string of the molecule is COc1ccc(C(=O)N2[C@@H]3CC[C@H]2Cc2nnc(CC(C)C)n2C3)cc1F. The van der Waals surface area contributed by atoms with Gasteiger partial charge in [0.25, 0.3) is 5.91 Å². The molecule has 1 fully saturated rings. The number of amides is 1. The highest BCUT2D eigenvalue weighted by Gasteiger charge is 2.41. The summed E-state index contributed by atoms with van der Waals surface area (Å²) in [5.41, 5.74) is 0.366. The third-order valence-corrected chi connectivity index (χ3v) is 5.56. The zero-order valence-electron chi connectivity index (χ0n) is 16.0. The largest absolute Gasteiger partial charge is 0.494 e. The van der Waals surface area contributed by atoms with Crippen LogP contribution in [-0.2, 0) is 19.4 Å². The molecule has 2 aliphatic heterocycles. The maximum absolute atomic E-state index is 14.1. The molecule has 2 atom stereocenters. The molecule has 0 N–H and O–H groups in total. The molecule has 1 saturated heterocycles. The van der Waals surface area contributed by atoms with Gasteiger partial charge in [-0.1, -0.05) is 13.8 Å². The topological polar surface area (TPSA) is 60.2 Å². The van der Waals surface area contributed by atoms with Gasteiger partial charge in [-0.2, -0.15) is 0 Å². The van der Waals surface area contributed by atoms with Crippen molar-refractivity contribution in [1.82, 2.24) is 19.7 Å². The van der Waals surface area contributed by atoms with Crippen molar-refractivity contribution in [2.45, 2.75) is 58.2 Å². The molecule has 4 rings (SSSR count). The summed E-state index contributed by atoms with van der Waals surface area (Å²) < 4.78 is 21.2. The first-order valence-electron chi connectivity index (χ1n) is 9.55. The van der Waals surface area contributed by atoms with Crippen LogP contribution in [0.1, 0.15) is 48.7 Å². The van der Waals surface area contributed by atoms with Gasteiger partial charge in [-0.3, -0.25) is 4.79 Å². The van der Waals surface area contributed by atoms with Crippen molar-refractivity contribution >= 4 is 5.91 Å². The summed E-state index contributed by atoms with van der Waals surface area (Å²) in [6, 6.07) is 4.60. The molecule has 0 spiro atoms. The Bertz CT molecular complexity index is 864. The molecule has 27 heavy (non-hydrogen) atoms. The third kappa shape index (κ3) is 3.19. The van der Waals surface area contributed by atoms with E-state index in [9.17, 15) is 9.18 Å². The molecule has 0 unspecified atom stereocenters. The van der Waals surface area contributed by atoms with Gasteiger partial charge in [0.1, 0.15) is 11.6 Å². The number of ether oxygens (including phenoxy) is 1. The molecule has 3 heterocycles. The lowest BCUT2D eigenvalue weighted by Gasteiger charge is -2.28. The summed E-state index contributed by atoms with van der Waals surface area (Å²) >= 11 is 0. The Kier molecular flexibility index (Phi) is 4.61. The van der Waals surface area contributed by atoms with Crippen molar-refractivity contribution in [1.29, 1.82) is 0 Å². The number of aromatic nitrogens is 3. The average Bonchev–Trinajstić information content (AvgIpc) is 3.13. The van der Waals surface area contributed by atoms with Crippen molar-refractivity contribution in [2.75, 3.05) is 7.11 Å². The molecule has 2 bridgehead atoms. The second kappa shape index (κ2) is 6.94. The Labute approximate surface area is 158 Å². The van der Waals surface area contributed by atoms with Gasteiger partial charge >= 0.3 is 0 Å². The highest BCUT2D eigenvalue weighted by Crippen LogP contribution is 2.33. The number of nitrogens with zero attached hydrogens (tertiary/aromatic N) is 4. The normalized spacial score (nSPS) is 21.3. The van der Waals surface area contributed by atoms with E-state index in [1.54, 1.807) is 6.07 Å². The van der Waals surface area contributed by atoms with Gasteiger partial charge in [0.2, 0.25) is 0 Å². The molecular weight excluding hydrogens is 347 g/mol. The number of carbonyl (C=O) groups excluding carboxylic acids is 1. The van der Waals surface area contributed by atoms with Crippen LogP contribution in [0.2, 0.25) is 0 Å². The fraction of sp³-hybridized carbons (Fsp3) is 0.550. The van der Waals surface area contributed by atoms with Crippen molar-refractivity contribution in [3.63, 3.8) is 0 Å². The number of methoxy groups -OCH3 is 1. The summed E-state index contributed by atoms with van der Waals surface area (Å²) in [5.74, 6) is 1.97. The van der Waals surface area contributed by atoms with Gasteiger partial charge in [0.05, 0.1) is 13.2 Å². The highest BCUT2D eigenvalue weighted by molar-refractivity contribution is 5.95. The zero-order valence-corrected chi connectivity index (χ0v) is 16.0. The fourth-order valence-electron chi connectivity index (χ4n) is 4.29. The monoisotopic (exact) mass is 372 g/mol. The molecule has 7 heteroatoms. The third-order valence-electron chi connectivity index (χ3n) is 5.56. The standard InChI is InChI=1S/C20H25FN4O2/c1-12(2)8-18-22-23-19-10-14-5-6-15(11-24(18)19)25(14)20(26)13-4-7-17(27-3)16(21)9-13/h4,7,9,12,14-15H,5-6,8,10-11H2,1-3H3/t14-,15+/m0/s1. The molecule has 2 aromatic rings. The minimum atomic E-state index is -0.512. The Morgan fingerprint density at radius 2 is 2.07 bits per heavy atom. The minimum Gasteiger partial charge on any atom is -0.494 e. The average molecular weight is 372 g/mol. The van der Waals surface area contributed by atoms with Gasteiger partial charge < -0.3 is 14.2 Å². The second-order valence-corrected chi connectivity index (χ2v) is 7.89. The molecule has 6 nitrogen and oxygen atoms in total. The van der Waals surface area contributed by atoms with Crippen LogP contribution >= 0.6 is 0 Å². The number of fused-ring (bicyclic) bond motifs is 3. The lowest BCUT2D eigenvalue weighted by molar-refractivity contribution is 0.0664. The Morgan fingerprint density at radius 3 is 2.78 bits per heavy atom. The van der Waals surface area contributed by atoms with E-state index < -0.39 is 5.82 Å². The summed E-state index contributed by atoms with van der Waals surface area (Å²) in [4.78, 5) is 15.1. The van der Waals surface area contributed by atoms with E-state index in [4.69, 9.17) is 4.74 Å². The summed E-state index contributed by atoms with van der Waals surface area (Å²) in [6.45, 7) is 5.04. The smallest absolute Gasteiger partial charge is 0.254 e. The van der Waals surface area contributed by atoms with Gasteiger partial charge in [0, 0.05) is 31.0 Å². The van der Waals surface area contributed by atoms with E-state index in [0.717, 1.165) is 30.9 Å². The van der Waals surface area contributed by atoms with Gasteiger partial charge in [-0.15, -0.1) is 10.2 Å². The van der Waals surface area contributed by atoms with Crippen molar-refractivity contribution < 1.29 is 13.9 Å². The summed E-state index contributed by atoms with van der Waals surface area (Å²) in [5, 5.41) is 8.77.